The number of thiophene rings is 1. The minimum Gasteiger partial charge on any atom is -0.350 e. The highest BCUT2D eigenvalue weighted by molar-refractivity contribution is 7.14. The fourth-order valence-corrected chi connectivity index (χ4v) is 3.65. The molecule has 1 unspecified atom stereocenters. The summed E-state index contributed by atoms with van der Waals surface area (Å²) < 4.78 is 0. The van der Waals surface area contributed by atoms with Crippen LogP contribution in [0, 0.1) is 0 Å². The normalized spacial score (nSPS) is 19.6. The molecule has 106 valence electrons. The van der Waals surface area contributed by atoms with Crippen molar-refractivity contribution >= 4 is 45.2 Å². The van der Waals surface area contributed by atoms with Crippen molar-refractivity contribution in [2.75, 3.05) is 30.4 Å². The zero-order valence-electron chi connectivity index (χ0n) is 11.0. The van der Waals surface area contributed by atoms with Gasteiger partial charge < -0.3 is 10.2 Å². The predicted octanol–water partition coefficient (Wildman–Crippen LogP) is 4.20. The zero-order chi connectivity index (χ0) is 14.1. The molecule has 20 heavy (non-hydrogen) atoms. The van der Waals surface area contributed by atoms with Crippen LogP contribution in [0.4, 0.5) is 10.7 Å². The third-order valence-electron chi connectivity index (χ3n) is 3.43. The summed E-state index contributed by atoms with van der Waals surface area (Å²) in [7, 11) is 2.09. The van der Waals surface area contributed by atoms with Crippen molar-refractivity contribution in [3.05, 3.63) is 45.8 Å². The van der Waals surface area contributed by atoms with E-state index in [1.165, 1.54) is 5.00 Å². The molecule has 1 fully saturated rings. The smallest absolute Gasteiger partial charge is 0.158 e. The van der Waals surface area contributed by atoms with E-state index in [9.17, 15) is 0 Å². The maximum absolute atomic E-state index is 6.25. The highest BCUT2D eigenvalue weighted by Crippen LogP contribution is 2.33. The van der Waals surface area contributed by atoms with Gasteiger partial charge in [0.1, 0.15) is 0 Å². The van der Waals surface area contributed by atoms with Crippen LogP contribution in [-0.4, -0.2) is 31.3 Å². The van der Waals surface area contributed by atoms with Gasteiger partial charge in [-0.05, 0) is 36.7 Å². The van der Waals surface area contributed by atoms with E-state index in [0.29, 0.717) is 10.0 Å². The van der Waals surface area contributed by atoms with Crippen LogP contribution in [0.1, 0.15) is 0 Å². The molecule has 0 saturated carbocycles. The molecular formula is C14H15Cl2N3S. The Labute approximate surface area is 132 Å². The number of halogens is 2. The van der Waals surface area contributed by atoms with Crippen molar-refractivity contribution in [3.8, 4) is 0 Å². The number of para-hydroxylation sites is 1. The van der Waals surface area contributed by atoms with Gasteiger partial charge in [0.2, 0.25) is 0 Å². The maximum Gasteiger partial charge on any atom is 0.158 e. The van der Waals surface area contributed by atoms with Gasteiger partial charge in [0.25, 0.3) is 0 Å². The molecule has 3 rings (SSSR count). The quantitative estimate of drug-likeness (QED) is 0.911. The van der Waals surface area contributed by atoms with E-state index >= 15 is 0 Å². The largest absolute Gasteiger partial charge is 0.350 e. The lowest BCUT2D eigenvalue weighted by molar-refractivity contribution is 0.340. The third kappa shape index (κ3) is 2.61. The minimum atomic E-state index is 0.0612. The number of nitrogens with zero attached hydrogens (tertiary/aromatic N) is 2. The Balaban J connectivity index is 1.88. The maximum atomic E-state index is 6.25. The van der Waals surface area contributed by atoms with E-state index in [0.717, 1.165) is 18.8 Å². The van der Waals surface area contributed by atoms with Gasteiger partial charge in [-0.2, -0.15) is 0 Å². The summed E-state index contributed by atoms with van der Waals surface area (Å²) in [5, 5.41) is 8.08. The summed E-state index contributed by atoms with van der Waals surface area (Å²) in [4.78, 5) is 4.57. The van der Waals surface area contributed by atoms with Crippen molar-refractivity contribution in [3.63, 3.8) is 0 Å². The summed E-state index contributed by atoms with van der Waals surface area (Å²) in [5.41, 5.74) is 0.788. The van der Waals surface area contributed by atoms with Crippen LogP contribution in [-0.2, 0) is 0 Å². The molecule has 1 atom stereocenters. The van der Waals surface area contributed by atoms with Crippen LogP contribution in [0.5, 0.6) is 0 Å². The number of hydrogen-bond acceptors (Lipinski definition) is 4. The van der Waals surface area contributed by atoms with E-state index in [1.54, 1.807) is 11.3 Å². The Morgan fingerprint density at radius 3 is 2.55 bits per heavy atom. The molecule has 1 aromatic heterocycles. The lowest BCUT2D eigenvalue weighted by Gasteiger charge is -2.30. The molecule has 0 bridgehead atoms. The number of anilines is 2. The summed E-state index contributed by atoms with van der Waals surface area (Å²) >= 11 is 14.2. The first-order valence-electron chi connectivity index (χ1n) is 6.38. The van der Waals surface area contributed by atoms with Crippen LogP contribution in [0.15, 0.2) is 35.7 Å². The van der Waals surface area contributed by atoms with Gasteiger partial charge >= 0.3 is 0 Å². The second-order valence-corrected chi connectivity index (χ2v) is 6.48. The lowest BCUT2D eigenvalue weighted by Crippen LogP contribution is -2.43. The van der Waals surface area contributed by atoms with Crippen molar-refractivity contribution in [2.24, 2.45) is 0 Å². The van der Waals surface area contributed by atoms with Gasteiger partial charge in [-0.3, -0.25) is 4.90 Å². The topological polar surface area (TPSA) is 18.5 Å². The average Bonchev–Trinajstić information content (AvgIpc) is 3.04. The lowest BCUT2D eigenvalue weighted by atomic mass is 10.3. The molecule has 6 heteroatoms. The number of likely N-dealkylation sites (N-methyl/N-ethyl adjacent to an activating group) is 1. The van der Waals surface area contributed by atoms with Gasteiger partial charge in [-0.15, -0.1) is 11.3 Å². The summed E-state index contributed by atoms with van der Waals surface area (Å²) in [6, 6.07) is 9.75. The summed E-state index contributed by atoms with van der Waals surface area (Å²) in [6.07, 6.45) is 0.0612. The Morgan fingerprint density at radius 1 is 1.15 bits per heavy atom. The van der Waals surface area contributed by atoms with Crippen LogP contribution >= 0.6 is 34.5 Å². The van der Waals surface area contributed by atoms with Crippen LogP contribution in [0.3, 0.4) is 0 Å². The van der Waals surface area contributed by atoms with Gasteiger partial charge in [0, 0.05) is 13.1 Å². The highest BCUT2D eigenvalue weighted by Gasteiger charge is 2.30. The molecule has 2 heterocycles. The van der Waals surface area contributed by atoms with E-state index in [4.69, 9.17) is 23.2 Å². The fraction of sp³-hybridized carbons (Fsp3) is 0.286. The number of rotatable bonds is 3. The van der Waals surface area contributed by atoms with Crippen molar-refractivity contribution < 1.29 is 0 Å². The molecule has 0 radical (unpaired) electrons. The molecule has 1 aliphatic heterocycles. The van der Waals surface area contributed by atoms with Crippen LogP contribution < -0.4 is 10.2 Å². The van der Waals surface area contributed by atoms with Crippen molar-refractivity contribution in [1.29, 1.82) is 0 Å². The van der Waals surface area contributed by atoms with E-state index in [-0.39, 0.29) is 6.29 Å². The monoisotopic (exact) mass is 327 g/mol. The van der Waals surface area contributed by atoms with Crippen LogP contribution in [0.2, 0.25) is 10.0 Å². The summed E-state index contributed by atoms with van der Waals surface area (Å²) in [6.45, 7) is 1.98. The molecular weight excluding hydrogens is 313 g/mol. The van der Waals surface area contributed by atoms with Crippen molar-refractivity contribution in [2.45, 2.75) is 6.29 Å². The minimum absolute atomic E-state index is 0.0612. The molecule has 0 amide bonds. The first-order valence-corrected chi connectivity index (χ1v) is 8.01. The first-order chi connectivity index (χ1) is 9.66. The number of benzene rings is 1. The molecule has 1 saturated heterocycles. The molecule has 1 N–H and O–H groups in total. The summed E-state index contributed by atoms with van der Waals surface area (Å²) in [5.74, 6) is 0. The predicted molar refractivity (Wildman–Crippen MR) is 88.2 cm³/mol. The molecule has 2 aromatic rings. The van der Waals surface area contributed by atoms with Gasteiger partial charge in [0.15, 0.2) is 6.29 Å². The fourth-order valence-electron chi connectivity index (χ4n) is 2.36. The van der Waals surface area contributed by atoms with Crippen LogP contribution in [0.25, 0.3) is 0 Å². The Hall–Kier alpha value is -0.940. The Kier molecular flexibility index (Phi) is 4.08. The molecule has 3 nitrogen and oxygen atoms in total. The number of hydrogen-bond donors (Lipinski definition) is 1. The number of nitrogens with one attached hydrogen (secondary N) is 1. The molecule has 0 aliphatic carbocycles. The van der Waals surface area contributed by atoms with Gasteiger partial charge in [0.05, 0.1) is 20.7 Å². The molecule has 1 aliphatic rings. The second-order valence-electron chi connectivity index (χ2n) is 4.74. The molecule has 0 spiro atoms. The van der Waals surface area contributed by atoms with Crippen molar-refractivity contribution in [1.82, 2.24) is 4.90 Å². The zero-order valence-corrected chi connectivity index (χ0v) is 13.3. The van der Waals surface area contributed by atoms with Gasteiger partial charge in [-0.25, -0.2) is 0 Å². The molecule has 1 aromatic carbocycles. The Bertz CT molecular complexity index is 568. The highest BCUT2D eigenvalue weighted by atomic mass is 35.5. The van der Waals surface area contributed by atoms with E-state index in [2.05, 4.69) is 39.7 Å². The first kappa shape index (κ1) is 14.0. The van der Waals surface area contributed by atoms with E-state index < -0.39 is 0 Å². The average molecular weight is 328 g/mol. The standard InChI is InChI=1S/C14H15Cl2N3S/c1-18-7-8-19(12-6-3-9-20-12)14(18)17-13-10(15)4-2-5-11(13)16/h2-6,9,14,17H,7-8H2,1H3. The SMILES string of the molecule is CN1CCN(c2cccs2)C1Nc1c(Cl)cccc1Cl. The third-order valence-corrected chi connectivity index (χ3v) is 4.97. The van der Waals surface area contributed by atoms with Gasteiger partial charge in [-0.1, -0.05) is 29.3 Å². The Morgan fingerprint density at radius 2 is 1.90 bits per heavy atom. The van der Waals surface area contributed by atoms with E-state index in [1.807, 2.05) is 18.2 Å². The second kappa shape index (κ2) is 5.82.